The molecule has 0 aromatic rings. The van der Waals surface area contributed by atoms with E-state index in [1.54, 1.807) is 0 Å². The van der Waals surface area contributed by atoms with Crippen molar-refractivity contribution in [1.29, 1.82) is 0 Å². The fourth-order valence-corrected chi connectivity index (χ4v) is 4.45. The van der Waals surface area contributed by atoms with Crippen molar-refractivity contribution in [2.24, 2.45) is 5.73 Å². The normalized spacial score (nSPS) is 29.3. The van der Waals surface area contributed by atoms with Crippen molar-refractivity contribution in [1.82, 2.24) is 5.32 Å². The van der Waals surface area contributed by atoms with Gasteiger partial charge in [0.1, 0.15) is 5.60 Å². The van der Waals surface area contributed by atoms with Gasteiger partial charge in [-0.3, -0.25) is 9.59 Å². The third-order valence-corrected chi connectivity index (χ3v) is 5.36. The lowest BCUT2D eigenvalue weighted by Gasteiger charge is -2.41. The minimum absolute atomic E-state index is 0.00340. The summed E-state index contributed by atoms with van der Waals surface area (Å²) < 4.78 is 29.1. The summed E-state index contributed by atoms with van der Waals surface area (Å²) in [6.45, 7) is 13.9. The van der Waals surface area contributed by atoms with E-state index in [-0.39, 0.29) is 49.1 Å². The van der Waals surface area contributed by atoms with E-state index in [9.17, 15) is 9.59 Å². The van der Waals surface area contributed by atoms with Gasteiger partial charge in [-0.2, -0.15) is 0 Å². The second kappa shape index (κ2) is 11.4. The van der Waals surface area contributed by atoms with Crippen LogP contribution < -0.4 is 11.1 Å². The molecular formula is C24H44N2O7. The van der Waals surface area contributed by atoms with Crippen LogP contribution in [0.15, 0.2) is 0 Å². The number of ether oxygens (including phenoxy) is 5. The van der Waals surface area contributed by atoms with Crippen LogP contribution in [0.25, 0.3) is 0 Å². The molecule has 2 heterocycles. The van der Waals surface area contributed by atoms with Crippen LogP contribution in [0.3, 0.4) is 0 Å². The Labute approximate surface area is 198 Å². The van der Waals surface area contributed by atoms with Crippen molar-refractivity contribution in [3.8, 4) is 0 Å². The highest BCUT2D eigenvalue weighted by molar-refractivity contribution is 5.76. The highest BCUT2D eigenvalue weighted by Gasteiger charge is 2.38. The molecule has 4 unspecified atom stereocenters. The lowest BCUT2D eigenvalue weighted by Crippen LogP contribution is -2.47. The predicted octanol–water partition coefficient (Wildman–Crippen LogP) is 2.78. The second-order valence-corrected chi connectivity index (χ2v) is 10.9. The molecule has 0 spiro atoms. The Hall–Kier alpha value is -1.26. The number of carbonyl (C=O) groups excluding carboxylic acids is 2. The van der Waals surface area contributed by atoms with Crippen molar-refractivity contribution < 1.29 is 33.3 Å². The van der Waals surface area contributed by atoms with Gasteiger partial charge >= 0.3 is 5.97 Å². The van der Waals surface area contributed by atoms with Crippen molar-refractivity contribution in [2.75, 3.05) is 13.1 Å². The van der Waals surface area contributed by atoms with Crippen molar-refractivity contribution in [2.45, 2.75) is 129 Å². The van der Waals surface area contributed by atoms with Crippen LogP contribution in [0.5, 0.6) is 0 Å². The van der Waals surface area contributed by atoms with E-state index in [1.807, 2.05) is 48.5 Å². The lowest BCUT2D eigenvalue weighted by atomic mass is 10.0. The monoisotopic (exact) mass is 472 g/mol. The third kappa shape index (κ3) is 10.7. The minimum Gasteiger partial charge on any atom is -0.460 e. The molecule has 9 nitrogen and oxygen atoms in total. The summed E-state index contributed by atoms with van der Waals surface area (Å²) in [5.74, 6) is -1.89. The second-order valence-electron chi connectivity index (χ2n) is 10.9. The Morgan fingerprint density at radius 3 is 1.88 bits per heavy atom. The molecule has 2 saturated heterocycles. The standard InChI is InChI=1S/C24H44N2O7/c1-22(2,3)33-21(28)15-19-13-17(30-24(6,7)32-19)9-11-26-20(27)14-18-12-16(8-10-25)29-23(4,5)31-18/h16-19H,8-15,25H2,1-7H3,(H,26,27). The Bertz CT molecular complexity index is 660. The SMILES string of the molecule is CC(C)(C)OC(=O)CC1CC(CCNC(=O)CC2CC(CCN)OC(C)(C)O2)OC(C)(C)O1. The molecule has 33 heavy (non-hydrogen) atoms. The molecule has 2 aliphatic rings. The van der Waals surface area contributed by atoms with Gasteiger partial charge in [0.15, 0.2) is 11.6 Å². The number of rotatable bonds is 9. The van der Waals surface area contributed by atoms with Crippen molar-refractivity contribution in [3.05, 3.63) is 0 Å². The first-order chi connectivity index (χ1) is 15.2. The maximum atomic E-state index is 12.5. The number of esters is 1. The molecule has 2 aliphatic heterocycles. The largest absolute Gasteiger partial charge is 0.460 e. The number of carbonyl (C=O) groups is 2. The van der Waals surface area contributed by atoms with Gasteiger partial charge in [0.05, 0.1) is 37.3 Å². The van der Waals surface area contributed by atoms with E-state index < -0.39 is 17.2 Å². The molecule has 0 bridgehead atoms. The maximum Gasteiger partial charge on any atom is 0.308 e. The molecule has 4 atom stereocenters. The first-order valence-corrected chi connectivity index (χ1v) is 12.1. The van der Waals surface area contributed by atoms with Gasteiger partial charge in [-0.1, -0.05) is 0 Å². The van der Waals surface area contributed by atoms with Crippen LogP contribution in [-0.2, 0) is 33.3 Å². The fraction of sp³-hybridized carbons (Fsp3) is 0.917. The zero-order valence-electron chi connectivity index (χ0n) is 21.4. The van der Waals surface area contributed by atoms with Gasteiger partial charge in [-0.05, 0) is 67.9 Å². The molecular weight excluding hydrogens is 428 g/mol. The zero-order chi connectivity index (χ0) is 24.9. The smallest absolute Gasteiger partial charge is 0.308 e. The Kier molecular flexibility index (Phi) is 9.70. The molecule has 0 aromatic carbocycles. The van der Waals surface area contributed by atoms with Crippen LogP contribution in [0.4, 0.5) is 0 Å². The summed E-state index contributed by atoms with van der Waals surface area (Å²) in [7, 11) is 0. The molecule has 0 radical (unpaired) electrons. The predicted molar refractivity (Wildman–Crippen MR) is 123 cm³/mol. The van der Waals surface area contributed by atoms with E-state index in [4.69, 9.17) is 29.4 Å². The van der Waals surface area contributed by atoms with Crippen LogP contribution in [-0.4, -0.2) is 66.6 Å². The third-order valence-electron chi connectivity index (χ3n) is 5.36. The fourth-order valence-electron chi connectivity index (χ4n) is 4.45. The summed E-state index contributed by atoms with van der Waals surface area (Å²) in [5.41, 5.74) is 5.13. The lowest BCUT2D eigenvalue weighted by molar-refractivity contribution is -0.300. The number of nitrogens with one attached hydrogen (secondary N) is 1. The van der Waals surface area contributed by atoms with Crippen molar-refractivity contribution in [3.63, 3.8) is 0 Å². The van der Waals surface area contributed by atoms with E-state index >= 15 is 0 Å². The number of amides is 1. The van der Waals surface area contributed by atoms with Crippen LogP contribution in [0, 0.1) is 0 Å². The highest BCUT2D eigenvalue weighted by Crippen LogP contribution is 2.31. The molecule has 192 valence electrons. The van der Waals surface area contributed by atoms with E-state index in [0.29, 0.717) is 32.4 Å². The average molecular weight is 473 g/mol. The summed E-state index contributed by atoms with van der Waals surface area (Å²) >= 11 is 0. The molecule has 2 fully saturated rings. The first kappa shape index (κ1) is 28.0. The van der Waals surface area contributed by atoms with E-state index in [0.717, 1.165) is 6.42 Å². The van der Waals surface area contributed by atoms with Gasteiger partial charge in [0.25, 0.3) is 0 Å². The molecule has 3 N–H and O–H groups in total. The Morgan fingerprint density at radius 1 is 0.879 bits per heavy atom. The van der Waals surface area contributed by atoms with Gasteiger partial charge in [-0.25, -0.2) is 0 Å². The Balaban J connectivity index is 1.78. The number of nitrogens with two attached hydrogens (primary N) is 1. The van der Waals surface area contributed by atoms with E-state index in [2.05, 4.69) is 5.32 Å². The summed E-state index contributed by atoms with van der Waals surface area (Å²) in [6, 6.07) is 0. The quantitative estimate of drug-likeness (QED) is 0.492. The van der Waals surface area contributed by atoms with Crippen molar-refractivity contribution >= 4 is 11.9 Å². The highest BCUT2D eigenvalue weighted by atomic mass is 16.7. The summed E-state index contributed by atoms with van der Waals surface area (Å²) in [5, 5.41) is 2.97. The van der Waals surface area contributed by atoms with Gasteiger partial charge < -0.3 is 34.7 Å². The molecule has 1 amide bonds. The van der Waals surface area contributed by atoms with Gasteiger partial charge in [0.2, 0.25) is 5.91 Å². The summed E-state index contributed by atoms with van der Waals surface area (Å²) in [6.07, 6.45) is 2.40. The summed E-state index contributed by atoms with van der Waals surface area (Å²) in [4.78, 5) is 24.7. The molecule has 0 aromatic heterocycles. The van der Waals surface area contributed by atoms with E-state index in [1.165, 1.54) is 0 Å². The zero-order valence-corrected chi connectivity index (χ0v) is 21.4. The minimum atomic E-state index is -0.806. The maximum absolute atomic E-state index is 12.5. The average Bonchev–Trinajstić information content (AvgIpc) is 2.57. The number of hydrogen-bond donors (Lipinski definition) is 2. The van der Waals surface area contributed by atoms with Gasteiger partial charge in [-0.15, -0.1) is 0 Å². The molecule has 2 rings (SSSR count). The topological polar surface area (TPSA) is 118 Å². The molecule has 9 heteroatoms. The van der Waals surface area contributed by atoms with Crippen LogP contribution in [0.1, 0.15) is 87.0 Å². The molecule has 0 aliphatic carbocycles. The number of hydrogen-bond acceptors (Lipinski definition) is 8. The Morgan fingerprint density at radius 2 is 1.36 bits per heavy atom. The van der Waals surface area contributed by atoms with Crippen LogP contribution in [0.2, 0.25) is 0 Å². The van der Waals surface area contributed by atoms with Gasteiger partial charge in [0, 0.05) is 19.4 Å². The molecule has 0 saturated carbocycles. The van der Waals surface area contributed by atoms with Crippen LogP contribution >= 0.6 is 0 Å². The first-order valence-electron chi connectivity index (χ1n) is 12.1.